The number of nitrogens with zero attached hydrogens (tertiary/aromatic N) is 2. The van der Waals surface area contributed by atoms with Crippen LogP contribution >= 0.6 is 15.9 Å². The number of nitro groups is 1. The lowest BCUT2D eigenvalue weighted by Crippen LogP contribution is -2.13. The first-order valence-corrected chi connectivity index (χ1v) is 11.5. The second-order valence-corrected chi connectivity index (χ2v) is 8.47. The molecule has 0 unspecified atom stereocenters. The number of hydrogen-bond donors (Lipinski definition) is 1. The number of ether oxygens (including phenoxy) is 2. The second-order valence-electron chi connectivity index (χ2n) is 7.55. The molecule has 0 saturated carbocycles. The molecule has 0 heterocycles. The quantitative estimate of drug-likeness (QED) is 0.106. The number of non-ortho nitro benzene ring substituents is 1. The molecule has 3 aromatic rings. The van der Waals surface area contributed by atoms with E-state index in [1.807, 2.05) is 12.1 Å². The number of benzene rings is 3. The Balaban J connectivity index is 1.90. The average molecular weight is 548 g/mol. The van der Waals surface area contributed by atoms with Gasteiger partial charge in [0.05, 0.1) is 12.0 Å². The number of halogens is 1. The number of allylic oxidation sites excluding steroid dienone is 1. The monoisotopic (exact) mass is 547 g/mol. The number of methoxy groups -OCH3 is 1. The van der Waals surface area contributed by atoms with E-state index in [0.29, 0.717) is 40.3 Å². The van der Waals surface area contributed by atoms with Gasteiger partial charge in [0, 0.05) is 27.9 Å². The molecule has 0 radical (unpaired) electrons. The van der Waals surface area contributed by atoms with Crippen LogP contribution in [0.15, 0.2) is 83.4 Å². The number of hydrogen-bond acceptors (Lipinski definition) is 6. The lowest BCUT2D eigenvalue weighted by atomic mass is 10.0. The van der Waals surface area contributed by atoms with Gasteiger partial charge in [0.25, 0.3) is 11.6 Å². The Morgan fingerprint density at radius 2 is 2.00 bits per heavy atom. The SMILES string of the molecule is C=CCc1cc(/C=C(/C#N)C(=O)Nc2cccc(Br)c2)cc(OC)c1OCc1cccc([N+](=O)[O-])c1. The van der Waals surface area contributed by atoms with Crippen molar-refractivity contribution in [1.82, 2.24) is 0 Å². The maximum Gasteiger partial charge on any atom is 0.269 e. The predicted molar refractivity (Wildman–Crippen MR) is 141 cm³/mol. The van der Waals surface area contributed by atoms with Crippen LogP contribution in [-0.4, -0.2) is 17.9 Å². The van der Waals surface area contributed by atoms with Crippen LogP contribution in [0, 0.1) is 21.4 Å². The third-order valence-corrected chi connectivity index (χ3v) is 5.49. The van der Waals surface area contributed by atoms with Crippen molar-refractivity contribution < 1.29 is 19.2 Å². The van der Waals surface area contributed by atoms with Gasteiger partial charge in [-0.15, -0.1) is 6.58 Å². The zero-order valence-electron chi connectivity index (χ0n) is 19.4. The molecular formula is C27H22BrN3O5. The van der Waals surface area contributed by atoms with Crippen molar-refractivity contribution in [1.29, 1.82) is 5.26 Å². The molecule has 9 heteroatoms. The smallest absolute Gasteiger partial charge is 0.269 e. The lowest BCUT2D eigenvalue weighted by molar-refractivity contribution is -0.384. The number of carbonyl (C=O) groups excluding carboxylic acids is 1. The fraction of sp³-hybridized carbons (Fsp3) is 0.111. The van der Waals surface area contributed by atoms with Crippen LogP contribution in [0.5, 0.6) is 11.5 Å². The van der Waals surface area contributed by atoms with Gasteiger partial charge in [-0.3, -0.25) is 14.9 Å². The van der Waals surface area contributed by atoms with E-state index >= 15 is 0 Å². The number of amides is 1. The van der Waals surface area contributed by atoms with Gasteiger partial charge < -0.3 is 14.8 Å². The van der Waals surface area contributed by atoms with E-state index in [0.717, 1.165) is 4.47 Å². The Morgan fingerprint density at radius 1 is 1.22 bits per heavy atom. The molecule has 3 aromatic carbocycles. The number of rotatable bonds is 10. The first-order valence-electron chi connectivity index (χ1n) is 10.7. The standard InChI is InChI=1S/C27H22BrN3O5/c1-3-6-20-11-19(12-21(16-29)27(32)30-23-9-5-8-22(28)15-23)14-25(35-2)26(20)36-17-18-7-4-10-24(13-18)31(33)34/h3-5,7-15H,1,6,17H2,2H3,(H,30,32)/b21-12-. The topological polar surface area (TPSA) is 114 Å². The molecule has 1 amide bonds. The summed E-state index contributed by atoms with van der Waals surface area (Å²) in [7, 11) is 1.48. The Labute approximate surface area is 216 Å². The fourth-order valence-corrected chi connectivity index (χ4v) is 3.78. The second kappa shape index (κ2) is 12.3. The summed E-state index contributed by atoms with van der Waals surface area (Å²) in [6.45, 7) is 3.86. The van der Waals surface area contributed by atoms with Gasteiger partial charge in [-0.2, -0.15) is 5.26 Å². The lowest BCUT2D eigenvalue weighted by Gasteiger charge is -2.16. The third kappa shape index (κ3) is 6.81. The number of nitro benzene ring substituents is 1. The van der Waals surface area contributed by atoms with Gasteiger partial charge in [0.2, 0.25) is 0 Å². The number of nitriles is 1. The van der Waals surface area contributed by atoms with Crippen molar-refractivity contribution >= 4 is 39.3 Å². The molecule has 0 aliphatic heterocycles. The Bertz CT molecular complexity index is 1380. The summed E-state index contributed by atoms with van der Waals surface area (Å²) >= 11 is 3.35. The van der Waals surface area contributed by atoms with Gasteiger partial charge >= 0.3 is 0 Å². The van der Waals surface area contributed by atoms with E-state index in [1.54, 1.807) is 48.5 Å². The van der Waals surface area contributed by atoms with Crippen LogP contribution in [0.2, 0.25) is 0 Å². The molecule has 0 aromatic heterocycles. The Hall–Kier alpha value is -4.42. The summed E-state index contributed by atoms with van der Waals surface area (Å²) in [5.41, 5.74) is 2.33. The summed E-state index contributed by atoms with van der Waals surface area (Å²) in [5.74, 6) is 0.278. The van der Waals surface area contributed by atoms with E-state index in [9.17, 15) is 20.2 Å². The largest absolute Gasteiger partial charge is 0.493 e. The molecule has 8 nitrogen and oxygen atoms in total. The van der Waals surface area contributed by atoms with Crippen LogP contribution in [0.3, 0.4) is 0 Å². The van der Waals surface area contributed by atoms with Gasteiger partial charge in [0.15, 0.2) is 11.5 Å². The van der Waals surface area contributed by atoms with Crippen LogP contribution in [-0.2, 0) is 17.8 Å². The van der Waals surface area contributed by atoms with Crippen LogP contribution in [0.1, 0.15) is 16.7 Å². The third-order valence-electron chi connectivity index (χ3n) is 5.00. The highest BCUT2D eigenvalue weighted by molar-refractivity contribution is 9.10. The van der Waals surface area contributed by atoms with Gasteiger partial charge in [-0.1, -0.05) is 40.2 Å². The van der Waals surface area contributed by atoms with Crippen molar-refractivity contribution in [2.45, 2.75) is 13.0 Å². The molecule has 0 fully saturated rings. The van der Waals surface area contributed by atoms with Crippen LogP contribution < -0.4 is 14.8 Å². The van der Waals surface area contributed by atoms with Crippen molar-refractivity contribution in [3.63, 3.8) is 0 Å². The molecular weight excluding hydrogens is 526 g/mol. The van der Waals surface area contributed by atoms with Crippen molar-refractivity contribution in [2.75, 3.05) is 12.4 Å². The van der Waals surface area contributed by atoms with E-state index in [1.165, 1.54) is 25.3 Å². The summed E-state index contributed by atoms with van der Waals surface area (Å²) in [5, 5.41) is 23.4. The maximum atomic E-state index is 12.7. The number of anilines is 1. The molecule has 1 N–H and O–H groups in total. The molecule has 0 saturated heterocycles. The minimum absolute atomic E-state index is 0.0277. The molecule has 36 heavy (non-hydrogen) atoms. The van der Waals surface area contributed by atoms with Crippen LogP contribution in [0.4, 0.5) is 11.4 Å². The minimum Gasteiger partial charge on any atom is -0.493 e. The normalized spacial score (nSPS) is 10.8. The Morgan fingerprint density at radius 3 is 2.67 bits per heavy atom. The summed E-state index contributed by atoms with van der Waals surface area (Å²) < 4.78 is 12.3. The number of carbonyl (C=O) groups is 1. The minimum atomic E-state index is -0.550. The first-order chi connectivity index (χ1) is 17.3. The highest BCUT2D eigenvalue weighted by Crippen LogP contribution is 2.35. The molecule has 0 spiro atoms. The summed E-state index contributed by atoms with van der Waals surface area (Å²) in [4.78, 5) is 23.3. The predicted octanol–water partition coefficient (Wildman–Crippen LogP) is 6.22. The molecule has 3 rings (SSSR count). The highest BCUT2D eigenvalue weighted by Gasteiger charge is 2.16. The van der Waals surface area contributed by atoms with E-state index in [2.05, 4.69) is 27.8 Å². The summed E-state index contributed by atoms with van der Waals surface area (Å²) in [6, 6.07) is 18.6. The van der Waals surface area contributed by atoms with E-state index in [-0.39, 0.29) is 17.9 Å². The van der Waals surface area contributed by atoms with E-state index < -0.39 is 10.8 Å². The average Bonchev–Trinajstić information content (AvgIpc) is 2.86. The molecule has 0 aliphatic carbocycles. The van der Waals surface area contributed by atoms with Crippen molar-refractivity contribution in [3.8, 4) is 17.6 Å². The van der Waals surface area contributed by atoms with E-state index in [4.69, 9.17) is 9.47 Å². The number of nitrogens with one attached hydrogen (secondary N) is 1. The van der Waals surface area contributed by atoms with Crippen molar-refractivity contribution in [2.24, 2.45) is 0 Å². The first kappa shape index (κ1) is 26.2. The highest BCUT2D eigenvalue weighted by atomic mass is 79.9. The van der Waals surface area contributed by atoms with Crippen molar-refractivity contribution in [3.05, 3.63) is 110 Å². The maximum absolute atomic E-state index is 12.7. The van der Waals surface area contributed by atoms with Gasteiger partial charge in [0.1, 0.15) is 18.2 Å². The van der Waals surface area contributed by atoms with Gasteiger partial charge in [-0.05, 0) is 54.0 Å². The van der Waals surface area contributed by atoms with Crippen LogP contribution in [0.25, 0.3) is 6.08 Å². The zero-order chi connectivity index (χ0) is 26.1. The molecule has 182 valence electrons. The molecule has 0 atom stereocenters. The molecule has 0 aliphatic rings. The summed E-state index contributed by atoms with van der Waals surface area (Å²) in [6.07, 6.45) is 3.58. The Kier molecular flexibility index (Phi) is 8.97. The molecule has 0 bridgehead atoms. The fourth-order valence-electron chi connectivity index (χ4n) is 3.38. The van der Waals surface area contributed by atoms with Gasteiger partial charge in [-0.25, -0.2) is 0 Å². The zero-order valence-corrected chi connectivity index (χ0v) is 20.9.